The van der Waals surface area contributed by atoms with Gasteiger partial charge in [0.05, 0.1) is 18.0 Å². The van der Waals surface area contributed by atoms with Crippen LogP contribution in [0.25, 0.3) is 0 Å². The summed E-state index contributed by atoms with van der Waals surface area (Å²) in [6, 6.07) is 19.8. The summed E-state index contributed by atoms with van der Waals surface area (Å²) >= 11 is 12.6. The molecule has 3 aromatic rings. The highest BCUT2D eigenvalue weighted by Gasteiger charge is 2.30. The van der Waals surface area contributed by atoms with Gasteiger partial charge in [-0.25, -0.2) is 0 Å². The molecule has 0 radical (unpaired) electrons. The highest BCUT2D eigenvalue weighted by molar-refractivity contribution is 6.32. The van der Waals surface area contributed by atoms with Crippen LogP contribution >= 0.6 is 23.2 Å². The third-order valence-corrected chi connectivity index (χ3v) is 5.86. The molecule has 3 aromatic carbocycles. The van der Waals surface area contributed by atoms with Crippen molar-refractivity contribution < 1.29 is 9.90 Å². The summed E-state index contributed by atoms with van der Waals surface area (Å²) in [4.78, 5) is 19.8. The molecule has 1 heterocycles. The monoisotopic (exact) mass is 438 g/mol. The molecule has 30 heavy (non-hydrogen) atoms. The SMILES string of the molecule is CN1C(=O)C(Cc2ccccc2Cl)N=C(c2ccc(CO)cc2)c2cc(Cl)ccc21. The number of aliphatic hydroxyl groups is 1. The van der Waals surface area contributed by atoms with E-state index in [1.165, 1.54) is 0 Å². The summed E-state index contributed by atoms with van der Waals surface area (Å²) in [6.07, 6.45) is 0.392. The number of halogens is 2. The van der Waals surface area contributed by atoms with Crippen LogP contribution in [0.1, 0.15) is 22.3 Å². The van der Waals surface area contributed by atoms with Gasteiger partial charge in [-0.2, -0.15) is 0 Å². The fourth-order valence-electron chi connectivity index (χ4n) is 3.62. The smallest absolute Gasteiger partial charge is 0.251 e. The molecule has 1 unspecified atom stereocenters. The molecule has 0 aliphatic carbocycles. The minimum atomic E-state index is -0.631. The maximum absolute atomic E-state index is 13.3. The lowest BCUT2D eigenvalue weighted by molar-refractivity contribution is -0.119. The summed E-state index contributed by atoms with van der Waals surface area (Å²) in [5.41, 5.74) is 4.75. The van der Waals surface area contributed by atoms with Gasteiger partial charge in [0.15, 0.2) is 0 Å². The van der Waals surface area contributed by atoms with Gasteiger partial charge in [0, 0.05) is 34.6 Å². The first kappa shape index (κ1) is 20.6. The number of anilines is 1. The van der Waals surface area contributed by atoms with Gasteiger partial charge in [0.25, 0.3) is 5.91 Å². The van der Waals surface area contributed by atoms with E-state index >= 15 is 0 Å². The van der Waals surface area contributed by atoms with E-state index in [2.05, 4.69) is 0 Å². The molecule has 1 N–H and O–H groups in total. The predicted octanol–water partition coefficient (Wildman–Crippen LogP) is 4.91. The molecule has 1 aliphatic rings. The zero-order valence-corrected chi connectivity index (χ0v) is 17.9. The average Bonchev–Trinajstić information content (AvgIpc) is 2.86. The Morgan fingerprint density at radius 3 is 2.47 bits per heavy atom. The molecule has 0 aromatic heterocycles. The number of hydrogen-bond donors (Lipinski definition) is 1. The summed E-state index contributed by atoms with van der Waals surface area (Å²) in [5, 5.41) is 10.5. The number of carbonyl (C=O) groups is 1. The molecule has 0 saturated carbocycles. The molecule has 1 aliphatic heterocycles. The zero-order chi connectivity index (χ0) is 21.3. The second-order valence-corrected chi connectivity index (χ2v) is 8.05. The van der Waals surface area contributed by atoms with Crippen LogP contribution < -0.4 is 4.90 Å². The number of benzene rings is 3. The molecule has 0 fully saturated rings. The Labute approximate surface area is 185 Å². The number of likely N-dealkylation sites (N-methyl/N-ethyl adjacent to an activating group) is 1. The lowest BCUT2D eigenvalue weighted by Gasteiger charge is -2.21. The predicted molar refractivity (Wildman–Crippen MR) is 122 cm³/mol. The van der Waals surface area contributed by atoms with E-state index in [4.69, 9.17) is 28.2 Å². The highest BCUT2D eigenvalue weighted by Crippen LogP contribution is 2.31. The van der Waals surface area contributed by atoms with Crippen molar-refractivity contribution >= 4 is 40.5 Å². The molecule has 4 nitrogen and oxygen atoms in total. The maximum atomic E-state index is 13.3. The quantitative estimate of drug-likeness (QED) is 0.628. The molecule has 152 valence electrons. The minimum Gasteiger partial charge on any atom is -0.392 e. The Kier molecular flexibility index (Phi) is 5.91. The Bertz CT molecular complexity index is 1130. The molecule has 0 bridgehead atoms. The second-order valence-electron chi connectivity index (χ2n) is 7.20. The van der Waals surface area contributed by atoms with Crippen molar-refractivity contribution in [3.63, 3.8) is 0 Å². The molecule has 6 heteroatoms. The van der Waals surface area contributed by atoms with Gasteiger partial charge in [-0.3, -0.25) is 9.79 Å². The van der Waals surface area contributed by atoms with Crippen LogP contribution in [0.5, 0.6) is 0 Å². The number of hydrogen-bond acceptors (Lipinski definition) is 3. The molecule has 4 rings (SSSR count). The summed E-state index contributed by atoms with van der Waals surface area (Å²) < 4.78 is 0. The number of fused-ring (bicyclic) bond motifs is 1. The number of aliphatic hydroxyl groups excluding tert-OH is 1. The van der Waals surface area contributed by atoms with Crippen LogP contribution in [0, 0.1) is 0 Å². The standard InChI is InChI=1S/C24H20Cl2N2O2/c1-28-22-11-10-18(25)13-19(22)23(16-8-6-15(14-29)7-9-16)27-21(24(28)30)12-17-4-2-3-5-20(17)26/h2-11,13,21,29H,12,14H2,1H3. The first-order valence-electron chi connectivity index (χ1n) is 9.57. The molecular formula is C24H20Cl2N2O2. The van der Waals surface area contributed by atoms with Crippen LogP contribution in [0.4, 0.5) is 5.69 Å². The van der Waals surface area contributed by atoms with Gasteiger partial charge in [0.1, 0.15) is 6.04 Å². The molecular weight excluding hydrogens is 419 g/mol. The Balaban J connectivity index is 1.87. The van der Waals surface area contributed by atoms with Crippen molar-refractivity contribution in [1.29, 1.82) is 0 Å². The van der Waals surface area contributed by atoms with Gasteiger partial charge in [0.2, 0.25) is 0 Å². The van der Waals surface area contributed by atoms with Crippen LogP contribution in [-0.4, -0.2) is 29.8 Å². The van der Waals surface area contributed by atoms with Crippen LogP contribution in [0.3, 0.4) is 0 Å². The van der Waals surface area contributed by atoms with E-state index in [-0.39, 0.29) is 12.5 Å². The fraction of sp³-hybridized carbons (Fsp3) is 0.167. The largest absolute Gasteiger partial charge is 0.392 e. The van der Waals surface area contributed by atoms with E-state index in [0.29, 0.717) is 22.2 Å². The van der Waals surface area contributed by atoms with Crippen molar-refractivity contribution in [3.8, 4) is 0 Å². The topological polar surface area (TPSA) is 52.9 Å². The Morgan fingerprint density at radius 1 is 1.03 bits per heavy atom. The molecule has 1 atom stereocenters. The van der Waals surface area contributed by atoms with Gasteiger partial charge in [-0.15, -0.1) is 0 Å². The van der Waals surface area contributed by atoms with Gasteiger partial charge >= 0.3 is 0 Å². The maximum Gasteiger partial charge on any atom is 0.251 e. The average molecular weight is 439 g/mol. The van der Waals surface area contributed by atoms with E-state index in [9.17, 15) is 9.90 Å². The summed E-state index contributed by atoms with van der Waals surface area (Å²) in [7, 11) is 1.75. The number of nitrogens with zero attached hydrogens (tertiary/aromatic N) is 2. The number of aliphatic imine (C=N–C) groups is 1. The normalized spacial score (nSPS) is 16.1. The number of rotatable bonds is 4. The van der Waals surface area contributed by atoms with E-state index in [1.807, 2.05) is 60.7 Å². The van der Waals surface area contributed by atoms with Crippen molar-refractivity contribution in [2.24, 2.45) is 4.99 Å². The van der Waals surface area contributed by atoms with E-state index in [0.717, 1.165) is 27.9 Å². The van der Waals surface area contributed by atoms with Crippen LogP contribution in [-0.2, 0) is 17.8 Å². The van der Waals surface area contributed by atoms with E-state index < -0.39 is 6.04 Å². The van der Waals surface area contributed by atoms with Crippen molar-refractivity contribution in [3.05, 3.63) is 99.0 Å². The van der Waals surface area contributed by atoms with Crippen molar-refractivity contribution in [1.82, 2.24) is 0 Å². The second kappa shape index (κ2) is 8.60. The Morgan fingerprint density at radius 2 is 1.77 bits per heavy atom. The lowest BCUT2D eigenvalue weighted by atomic mass is 9.99. The van der Waals surface area contributed by atoms with Crippen molar-refractivity contribution in [2.45, 2.75) is 19.1 Å². The van der Waals surface area contributed by atoms with Gasteiger partial charge in [-0.05, 0) is 35.4 Å². The third-order valence-electron chi connectivity index (χ3n) is 5.26. The summed E-state index contributed by atoms with van der Waals surface area (Å²) in [5.74, 6) is -0.111. The first-order chi connectivity index (χ1) is 14.5. The van der Waals surface area contributed by atoms with Crippen molar-refractivity contribution in [2.75, 3.05) is 11.9 Å². The van der Waals surface area contributed by atoms with E-state index in [1.54, 1.807) is 18.0 Å². The number of benzodiazepines with no additional fused rings is 1. The highest BCUT2D eigenvalue weighted by atomic mass is 35.5. The molecule has 0 saturated heterocycles. The minimum absolute atomic E-state index is 0.0362. The number of amides is 1. The Hall–Kier alpha value is -2.66. The fourth-order valence-corrected chi connectivity index (χ4v) is 4.00. The third kappa shape index (κ3) is 3.99. The number of carbonyl (C=O) groups excluding carboxylic acids is 1. The van der Waals surface area contributed by atoms with Gasteiger partial charge in [-0.1, -0.05) is 65.7 Å². The van der Waals surface area contributed by atoms with Crippen LogP contribution in [0.15, 0.2) is 71.7 Å². The molecule has 0 spiro atoms. The summed E-state index contributed by atoms with van der Waals surface area (Å²) in [6.45, 7) is -0.0362. The van der Waals surface area contributed by atoms with Gasteiger partial charge < -0.3 is 10.0 Å². The van der Waals surface area contributed by atoms with Crippen LogP contribution in [0.2, 0.25) is 10.0 Å². The first-order valence-corrected chi connectivity index (χ1v) is 10.3. The zero-order valence-electron chi connectivity index (χ0n) is 16.3. The lowest BCUT2D eigenvalue weighted by Crippen LogP contribution is -2.36. The molecule has 1 amide bonds.